The van der Waals surface area contributed by atoms with Crippen molar-refractivity contribution in [3.05, 3.63) is 0 Å². The summed E-state index contributed by atoms with van der Waals surface area (Å²) in [6.07, 6.45) is 0.946. The van der Waals surface area contributed by atoms with Gasteiger partial charge in [-0.2, -0.15) is 15.0 Å². The Morgan fingerprint density at radius 3 is 2.35 bits per heavy atom. The molecule has 0 spiro atoms. The summed E-state index contributed by atoms with van der Waals surface area (Å²) in [4.78, 5) is 14.3. The minimum atomic E-state index is -0.0482. The van der Waals surface area contributed by atoms with Crippen molar-refractivity contribution in [2.75, 3.05) is 49.7 Å². The van der Waals surface area contributed by atoms with Crippen LogP contribution in [0.5, 0.6) is 6.01 Å². The third-order valence-electron chi connectivity index (χ3n) is 2.43. The molecule has 0 saturated heterocycles. The van der Waals surface area contributed by atoms with Crippen LogP contribution in [0.4, 0.5) is 11.9 Å². The quantitative estimate of drug-likeness (QED) is 0.547. The van der Waals surface area contributed by atoms with Gasteiger partial charge in [0, 0.05) is 19.6 Å². The molecule has 0 atom stereocenters. The van der Waals surface area contributed by atoms with E-state index in [2.05, 4.69) is 20.3 Å². The maximum absolute atomic E-state index is 9.07. The lowest BCUT2D eigenvalue weighted by molar-refractivity contribution is 0.278. The highest BCUT2D eigenvalue weighted by Gasteiger charge is 2.13. The van der Waals surface area contributed by atoms with Crippen LogP contribution in [0.3, 0.4) is 0 Å². The fourth-order valence-electron chi connectivity index (χ4n) is 1.55. The van der Waals surface area contributed by atoms with Crippen molar-refractivity contribution >= 4 is 11.9 Å². The molecule has 1 aromatic heterocycles. The highest BCUT2D eigenvalue weighted by molar-refractivity contribution is 5.38. The second-order valence-corrected chi connectivity index (χ2v) is 4.04. The van der Waals surface area contributed by atoms with Crippen molar-refractivity contribution in [1.29, 1.82) is 0 Å². The van der Waals surface area contributed by atoms with E-state index >= 15 is 0 Å². The molecule has 3 N–H and O–H groups in total. The SMILES string of the molecule is CCCNc1nc(OCC)nc(N(CCO)CCO)n1. The first kappa shape index (κ1) is 16.4. The molecule has 0 aromatic carbocycles. The lowest BCUT2D eigenvalue weighted by Gasteiger charge is -2.21. The molecule has 0 fully saturated rings. The lowest BCUT2D eigenvalue weighted by atomic mass is 10.5. The summed E-state index contributed by atoms with van der Waals surface area (Å²) in [6, 6.07) is 0.233. The zero-order chi connectivity index (χ0) is 14.8. The fourth-order valence-corrected chi connectivity index (χ4v) is 1.55. The van der Waals surface area contributed by atoms with Crippen LogP contribution in [-0.2, 0) is 0 Å². The maximum atomic E-state index is 9.07. The van der Waals surface area contributed by atoms with Crippen LogP contribution in [-0.4, -0.2) is 64.6 Å². The van der Waals surface area contributed by atoms with Crippen molar-refractivity contribution < 1.29 is 14.9 Å². The van der Waals surface area contributed by atoms with Gasteiger partial charge in [0.25, 0.3) is 0 Å². The van der Waals surface area contributed by atoms with E-state index in [1.54, 1.807) is 4.90 Å². The van der Waals surface area contributed by atoms with Gasteiger partial charge in [-0.05, 0) is 13.3 Å². The number of anilines is 2. The molecule has 1 rings (SSSR count). The van der Waals surface area contributed by atoms with Crippen LogP contribution >= 0.6 is 0 Å². The predicted molar refractivity (Wildman–Crippen MR) is 76.2 cm³/mol. The molecule has 0 unspecified atom stereocenters. The van der Waals surface area contributed by atoms with Gasteiger partial charge >= 0.3 is 6.01 Å². The van der Waals surface area contributed by atoms with Crippen LogP contribution in [0.25, 0.3) is 0 Å². The molecular weight excluding hydrogens is 262 g/mol. The molecule has 8 nitrogen and oxygen atoms in total. The van der Waals surface area contributed by atoms with Gasteiger partial charge in [0.2, 0.25) is 11.9 Å². The molecule has 8 heteroatoms. The Labute approximate surface area is 118 Å². The molecule has 0 amide bonds. The van der Waals surface area contributed by atoms with E-state index in [-0.39, 0.29) is 19.2 Å². The van der Waals surface area contributed by atoms with Gasteiger partial charge in [-0.1, -0.05) is 6.92 Å². The number of nitrogens with zero attached hydrogens (tertiary/aromatic N) is 4. The zero-order valence-corrected chi connectivity index (χ0v) is 12.0. The first-order chi connectivity index (χ1) is 9.74. The lowest BCUT2D eigenvalue weighted by Crippen LogP contribution is -2.31. The second-order valence-electron chi connectivity index (χ2n) is 4.04. The van der Waals surface area contributed by atoms with Crippen LogP contribution < -0.4 is 15.0 Å². The van der Waals surface area contributed by atoms with Gasteiger partial charge in [0.05, 0.1) is 19.8 Å². The number of ether oxygens (including phenoxy) is 1. The number of hydrogen-bond donors (Lipinski definition) is 3. The Balaban J connectivity index is 2.97. The van der Waals surface area contributed by atoms with Gasteiger partial charge in [-0.3, -0.25) is 0 Å². The van der Waals surface area contributed by atoms with E-state index in [1.165, 1.54) is 0 Å². The summed E-state index contributed by atoms with van der Waals surface area (Å²) in [5.41, 5.74) is 0. The average molecular weight is 285 g/mol. The Bertz CT molecular complexity index is 385. The summed E-state index contributed by atoms with van der Waals surface area (Å²) in [7, 11) is 0. The topological polar surface area (TPSA) is 104 Å². The van der Waals surface area contributed by atoms with Crippen molar-refractivity contribution in [3.8, 4) is 6.01 Å². The van der Waals surface area contributed by atoms with Gasteiger partial charge in [-0.15, -0.1) is 0 Å². The van der Waals surface area contributed by atoms with Crippen molar-refractivity contribution in [2.24, 2.45) is 0 Å². The minimum absolute atomic E-state index is 0.0482. The summed E-state index contributed by atoms with van der Waals surface area (Å²) in [5.74, 6) is 0.811. The number of hydrogen-bond acceptors (Lipinski definition) is 8. The van der Waals surface area contributed by atoms with Gasteiger partial charge < -0.3 is 25.2 Å². The van der Waals surface area contributed by atoms with E-state index < -0.39 is 0 Å². The molecule has 114 valence electrons. The maximum Gasteiger partial charge on any atom is 0.323 e. The molecule has 0 saturated carbocycles. The standard InChI is InChI=1S/C12H23N5O3/c1-3-5-13-10-14-11(16-12(15-10)20-4-2)17(6-8-18)7-9-19/h18-19H,3-9H2,1-2H3,(H,13,14,15,16). The van der Waals surface area contributed by atoms with E-state index in [9.17, 15) is 0 Å². The highest BCUT2D eigenvalue weighted by Crippen LogP contribution is 2.14. The highest BCUT2D eigenvalue weighted by atomic mass is 16.5. The van der Waals surface area contributed by atoms with Crippen LogP contribution in [0.1, 0.15) is 20.3 Å². The number of aliphatic hydroxyl groups is 2. The molecule has 1 aromatic rings. The molecule has 0 aliphatic carbocycles. The number of aromatic nitrogens is 3. The van der Waals surface area contributed by atoms with Crippen LogP contribution in [0.15, 0.2) is 0 Å². The third-order valence-corrected chi connectivity index (χ3v) is 2.43. The molecule has 0 aliphatic rings. The normalized spacial score (nSPS) is 10.4. The summed E-state index contributed by atoms with van der Waals surface area (Å²) < 4.78 is 5.32. The molecule has 0 aliphatic heterocycles. The minimum Gasteiger partial charge on any atom is -0.464 e. The zero-order valence-electron chi connectivity index (χ0n) is 12.0. The largest absolute Gasteiger partial charge is 0.464 e. The molecule has 0 bridgehead atoms. The monoisotopic (exact) mass is 285 g/mol. The molecule has 20 heavy (non-hydrogen) atoms. The molecular formula is C12H23N5O3. The van der Waals surface area contributed by atoms with E-state index in [4.69, 9.17) is 14.9 Å². The van der Waals surface area contributed by atoms with Gasteiger partial charge in [0.1, 0.15) is 0 Å². The predicted octanol–water partition coefficient (Wildman–Crippen LogP) is -0.117. The number of rotatable bonds is 10. The summed E-state index contributed by atoms with van der Waals surface area (Å²) in [5, 5.41) is 21.2. The smallest absolute Gasteiger partial charge is 0.323 e. The van der Waals surface area contributed by atoms with Crippen LogP contribution in [0.2, 0.25) is 0 Å². The van der Waals surface area contributed by atoms with Crippen molar-refractivity contribution in [2.45, 2.75) is 20.3 Å². The Morgan fingerprint density at radius 2 is 1.80 bits per heavy atom. The van der Waals surface area contributed by atoms with Gasteiger partial charge in [0.15, 0.2) is 0 Å². The summed E-state index contributed by atoms with van der Waals surface area (Å²) in [6.45, 7) is 5.67. The van der Waals surface area contributed by atoms with Gasteiger partial charge in [-0.25, -0.2) is 0 Å². The first-order valence-electron chi connectivity index (χ1n) is 6.84. The van der Waals surface area contributed by atoms with Crippen molar-refractivity contribution in [3.63, 3.8) is 0 Å². The first-order valence-corrected chi connectivity index (χ1v) is 6.84. The number of nitrogens with one attached hydrogen (secondary N) is 1. The number of aliphatic hydroxyl groups excluding tert-OH is 2. The third kappa shape index (κ3) is 5.14. The Kier molecular flexibility index (Phi) is 7.59. The van der Waals surface area contributed by atoms with E-state index in [1.807, 2.05) is 13.8 Å². The van der Waals surface area contributed by atoms with Crippen molar-refractivity contribution in [1.82, 2.24) is 15.0 Å². The van der Waals surface area contributed by atoms with E-state index in [0.717, 1.165) is 13.0 Å². The second kappa shape index (κ2) is 9.27. The molecule has 1 heterocycles. The molecule has 0 radical (unpaired) electrons. The summed E-state index contributed by atoms with van der Waals surface area (Å²) >= 11 is 0. The average Bonchev–Trinajstić information content (AvgIpc) is 2.45. The Morgan fingerprint density at radius 1 is 1.10 bits per heavy atom. The van der Waals surface area contributed by atoms with E-state index in [0.29, 0.717) is 31.6 Å². The van der Waals surface area contributed by atoms with Crippen LogP contribution in [0, 0.1) is 0 Å². The fraction of sp³-hybridized carbons (Fsp3) is 0.750. The Hall–Kier alpha value is -1.67.